The van der Waals surface area contributed by atoms with Crippen LogP contribution in [-0.2, 0) is 5.75 Å². The van der Waals surface area contributed by atoms with Gasteiger partial charge in [0.25, 0.3) is 5.89 Å². The molecular formula is C19H14FN3O2S. The molecule has 2 aromatic heterocycles. The van der Waals surface area contributed by atoms with Gasteiger partial charge in [0.1, 0.15) is 22.8 Å². The Morgan fingerprint density at radius 3 is 2.54 bits per heavy atom. The Labute approximate surface area is 153 Å². The summed E-state index contributed by atoms with van der Waals surface area (Å²) in [6.07, 6.45) is 0. The predicted molar refractivity (Wildman–Crippen MR) is 95.9 cm³/mol. The van der Waals surface area contributed by atoms with E-state index < -0.39 is 0 Å². The minimum atomic E-state index is -0.259. The smallest absolute Gasteiger partial charge is 0.253 e. The molecule has 7 heteroatoms. The Kier molecular flexibility index (Phi) is 4.53. The van der Waals surface area contributed by atoms with Crippen molar-refractivity contribution in [1.82, 2.24) is 15.4 Å². The van der Waals surface area contributed by atoms with Crippen LogP contribution in [0.5, 0.6) is 0 Å². The second-order valence-electron chi connectivity index (χ2n) is 5.57. The van der Waals surface area contributed by atoms with Gasteiger partial charge < -0.3 is 8.94 Å². The molecule has 0 N–H and O–H groups in total. The summed E-state index contributed by atoms with van der Waals surface area (Å²) < 4.78 is 24.1. The van der Waals surface area contributed by atoms with Gasteiger partial charge in [-0.15, -0.1) is 22.0 Å². The number of halogens is 1. The number of hydrogen-bond acceptors (Lipinski definition) is 6. The van der Waals surface area contributed by atoms with Crippen molar-refractivity contribution in [3.63, 3.8) is 0 Å². The standard InChI is InChI=1S/C19H14FN3O2S/c1-12-17(18(23-25-12)13-5-3-2-4-6-13)19-22-21-16(24-19)11-26-15-9-7-14(20)8-10-15/h2-10H,11H2,1H3. The van der Waals surface area contributed by atoms with E-state index in [1.165, 1.54) is 23.9 Å². The zero-order chi connectivity index (χ0) is 17.9. The third-order valence-electron chi connectivity index (χ3n) is 3.77. The average Bonchev–Trinajstić information content (AvgIpc) is 3.28. The molecule has 2 aromatic carbocycles. The van der Waals surface area contributed by atoms with E-state index in [1.54, 1.807) is 12.1 Å². The number of nitrogens with zero attached hydrogens (tertiary/aromatic N) is 3. The summed E-state index contributed by atoms with van der Waals surface area (Å²) in [5.74, 6) is 1.70. The largest absolute Gasteiger partial charge is 0.420 e. The lowest BCUT2D eigenvalue weighted by Gasteiger charge is -1.99. The van der Waals surface area contributed by atoms with Crippen LogP contribution < -0.4 is 0 Å². The molecule has 4 rings (SSSR count). The molecule has 0 unspecified atom stereocenters. The van der Waals surface area contributed by atoms with Crippen LogP contribution in [0.15, 0.2) is 68.4 Å². The van der Waals surface area contributed by atoms with E-state index in [1.807, 2.05) is 37.3 Å². The maximum Gasteiger partial charge on any atom is 0.253 e. The van der Waals surface area contributed by atoms with Crippen LogP contribution in [0.4, 0.5) is 4.39 Å². The van der Waals surface area contributed by atoms with Gasteiger partial charge >= 0.3 is 0 Å². The molecule has 26 heavy (non-hydrogen) atoms. The molecule has 0 atom stereocenters. The van der Waals surface area contributed by atoms with Gasteiger partial charge in [0.05, 0.1) is 5.75 Å². The van der Waals surface area contributed by atoms with Crippen LogP contribution in [0.25, 0.3) is 22.7 Å². The molecule has 0 aliphatic rings. The molecule has 0 saturated heterocycles. The van der Waals surface area contributed by atoms with Crippen molar-refractivity contribution in [3.8, 4) is 22.7 Å². The lowest BCUT2D eigenvalue weighted by molar-refractivity contribution is 0.399. The third-order valence-corrected chi connectivity index (χ3v) is 4.76. The minimum absolute atomic E-state index is 0.259. The number of aromatic nitrogens is 3. The number of thioether (sulfide) groups is 1. The van der Waals surface area contributed by atoms with E-state index in [0.29, 0.717) is 34.6 Å². The fourth-order valence-corrected chi connectivity index (χ4v) is 3.24. The predicted octanol–water partition coefficient (Wildman–Crippen LogP) is 5.13. The second kappa shape index (κ2) is 7.13. The Bertz CT molecular complexity index is 1010. The van der Waals surface area contributed by atoms with E-state index in [0.717, 1.165) is 10.5 Å². The van der Waals surface area contributed by atoms with Gasteiger partial charge in [-0.25, -0.2) is 4.39 Å². The maximum absolute atomic E-state index is 13.0. The first-order chi connectivity index (χ1) is 12.7. The molecule has 130 valence electrons. The molecule has 0 radical (unpaired) electrons. The highest BCUT2D eigenvalue weighted by Gasteiger charge is 2.21. The number of aryl methyl sites for hydroxylation is 1. The Morgan fingerprint density at radius 2 is 1.77 bits per heavy atom. The fraction of sp³-hybridized carbons (Fsp3) is 0.105. The van der Waals surface area contributed by atoms with Gasteiger partial charge in [-0.2, -0.15) is 0 Å². The van der Waals surface area contributed by atoms with Gasteiger partial charge in [0, 0.05) is 10.5 Å². The van der Waals surface area contributed by atoms with Gasteiger partial charge in [0.15, 0.2) is 0 Å². The first-order valence-electron chi connectivity index (χ1n) is 7.93. The first kappa shape index (κ1) is 16.5. The molecule has 2 heterocycles. The van der Waals surface area contributed by atoms with Crippen molar-refractivity contribution in [3.05, 3.63) is 72.1 Å². The summed E-state index contributed by atoms with van der Waals surface area (Å²) in [4.78, 5) is 0.928. The van der Waals surface area contributed by atoms with Gasteiger partial charge in [-0.3, -0.25) is 0 Å². The van der Waals surface area contributed by atoms with Crippen molar-refractivity contribution >= 4 is 11.8 Å². The van der Waals surface area contributed by atoms with Crippen molar-refractivity contribution < 1.29 is 13.3 Å². The molecule has 0 aliphatic heterocycles. The maximum atomic E-state index is 13.0. The average molecular weight is 367 g/mol. The Morgan fingerprint density at radius 1 is 1.00 bits per heavy atom. The third kappa shape index (κ3) is 3.39. The summed E-state index contributed by atoms with van der Waals surface area (Å²) >= 11 is 1.50. The van der Waals surface area contributed by atoms with Crippen LogP contribution in [0.1, 0.15) is 11.7 Å². The number of benzene rings is 2. The van der Waals surface area contributed by atoms with Crippen molar-refractivity contribution in [1.29, 1.82) is 0 Å². The second-order valence-corrected chi connectivity index (χ2v) is 6.62. The van der Waals surface area contributed by atoms with Gasteiger partial charge in [-0.05, 0) is 31.2 Å². The zero-order valence-corrected chi connectivity index (χ0v) is 14.7. The summed E-state index contributed by atoms with van der Waals surface area (Å²) in [7, 11) is 0. The summed E-state index contributed by atoms with van der Waals surface area (Å²) in [6.45, 7) is 1.81. The molecule has 0 saturated carbocycles. The first-order valence-corrected chi connectivity index (χ1v) is 8.92. The van der Waals surface area contributed by atoms with E-state index in [4.69, 9.17) is 8.94 Å². The topological polar surface area (TPSA) is 65.0 Å². The molecule has 0 aliphatic carbocycles. The van der Waals surface area contributed by atoms with Crippen LogP contribution in [-0.4, -0.2) is 15.4 Å². The Balaban J connectivity index is 1.57. The lowest BCUT2D eigenvalue weighted by Crippen LogP contribution is -1.84. The highest BCUT2D eigenvalue weighted by Crippen LogP contribution is 2.34. The van der Waals surface area contributed by atoms with Crippen LogP contribution in [0, 0.1) is 12.7 Å². The monoisotopic (exact) mass is 367 g/mol. The van der Waals surface area contributed by atoms with Crippen LogP contribution in [0.2, 0.25) is 0 Å². The van der Waals surface area contributed by atoms with Crippen LogP contribution >= 0.6 is 11.8 Å². The quantitative estimate of drug-likeness (QED) is 0.456. The molecule has 0 fully saturated rings. The Hall–Kier alpha value is -2.93. The van der Waals surface area contributed by atoms with Crippen molar-refractivity contribution in [2.24, 2.45) is 0 Å². The van der Waals surface area contributed by atoms with E-state index in [2.05, 4.69) is 15.4 Å². The minimum Gasteiger partial charge on any atom is -0.420 e. The van der Waals surface area contributed by atoms with E-state index >= 15 is 0 Å². The number of hydrogen-bond donors (Lipinski definition) is 0. The number of rotatable bonds is 5. The summed E-state index contributed by atoms with van der Waals surface area (Å²) in [6, 6.07) is 16.0. The highest BCUT2D eigenvalue weighted by molar-refractivity contribution is 7.98. The van der Waals surface area contributed by atoms with E-state index in [9.17, 15) is 4.39 Å². The highest BCUT2D eigenvalue weighted by atomic mass is 32.2. The summed E-state index contributed by atoms with van der Waals surface area (Å²) in [5.41, 5.74) is 2.28. The van der Waals surface area contributed by atoms with Gasteiger partial charge in [0.2, 0.25) is 5.89 Å². The lowest BCUT2D eigenvalue weighted by atomic mass is 10.1. The molecular weight excluding hydrogens is 353 g/mol. The van der Waals surface area contributed by atoms with E-state index in [-0.39, 0.29) is 5.82 Å². The summed E-state index contributed by atoms with van der Waals surface area (Å²) in [5, 5.41) is 12.4. The molecule has 0 amide bonds. The van der Waals surface area contributed by atoms with Crippen molar-refractivity contribution in [2.45, 2.75) is 17.6 Å². The molecule has 0 spiro atoms. The molecule has 5 nitrogen and oxygen atoms in total. The molecule has 0 bridgehead atoms. The van der Waals surface area contributed by atoms with Crippen molar-refractivity contribution in [2.75, 3.05) is 0 Å². The molecule has 4 aromatic rings. The fourth-order valence-electron chi connectivity index (χ4n) is 2.51. The zero-order valence-electron chi connectivity index (χ0n) is 13.8. The SMILES string of the molecule is Cc1onc(-c2ccccc2)c1-c1nnc(CSc2ccc(F)cc2)o1. The normalized spacial score (nSPS) is 11.0. The van der Waals surface area contributed by atoms with Gasteiger partial charge in [-0.1, -0.05) is 35.5 Å². The van der Waals surface area contributed by atoms with Crippen LogP contribution in [0.3, 0.4) is 0 Å².